The zero-order chi connectivity index (χ0) is 12.0. The van der Waals surface area contributed by atoms with Gasteiger partial charge in [0.15, 0.2) is 0 Å². The van der Waals surface area contributed by atoms with E-state index in [1.165, 1.54) is 0 Å². The largest absolute Gasteiger partial charge is 0.481 e. The highest BCUT2D eigenvalue weighted by Crippen LogP contribution is 2.41. The van der Waals surface area contributed by atoms with Crippen molar-refractivity contribution in [2.45, 2.75) is 17.7 Å². The van der Waals surface area contributed by atoms with Crippen LogP contribution in [0.25, 0.3) is 10.9 Å². The second-order valence-electron chi connectivity index (χ2n) is 4.51. The third-order valence-corrected chi connectivity index (χ3v) is 4.28. The molecule has 2 N–H and O–H groups in total. The van der Waals surface area contributed by atoms with Crippen LogP contribution in [0.3, 0.4) is 0 Å². The molecule has 1 aromatic heterocycles. The number of aromatic nitrogens is 1. The first-order valence-electron chi connectivity index (χ1n) is 5.63. The monoisotopic (exact) mass is 293 g/mol. The summed E-state index contributed by atoms with van der Waals surface area (Å²) in [5.74, 6) is -0.989. The van der Waals surface area contributed by atoms with Gasteiger partial charge in [0.2, 0.25) is 0 Å². The molecule has 0 saturated heterocycles. The van der Waals surface area contributed by atoms with Crippen LogP contribution in [0.5, 0.6) is 0 Å². The molecule has 4 heteroatoms. The Labute approximate surface area is 107 Å². The number of para-hydroxylation sites is 1. The lowest BCUT2D eigenvalue weighted by Gasteiger charge is -2.23. The molecule has 0 aliphatic heterocycles. The van der Waals surface area contributed by atoms with Crippen molar-refractivity contribution < 1.29 is 9.90 Å². The number of carbonyl (C=O) groups is 1. The number of alkyl halides is 1. The number of carboxylic acid groups (broad SMARTS) is 1. The van der Waals surface area contributed by atoms with E-state index in [2.05, 4.69) is 27.0 Å². The number of halogens is 1. The quantitative estimate of drug-likeness (QED) is 0.793. The van der Waals surface area contributed by atoms with E-state index in [1.54, 1.807) is 0 Å². The van der Waals surface area contributed by atoms with Gasteiger partial charge in [-0.25, -0.2) is 0 Å². The highest BCUT2D eigenvalue weighted by molar-refractivity contribution is 9.09. The van der Waals surface area contributed by atoms with Gasteiger partial charge in [-0.1, -0.05) is 34.1 Å². The minimum Gasteiger partial charge on any atom is -0.481 e. The second-order valence-corrected chi connectivity index (χ2v) is 5.61. The number of aromatic amines is 1. The van der Waals surface area contributed by atoms with Crippen molar-refractivity contribution in [1.29, 1.82) is 0 Å². The molecule has 3 nitrogen and oxygen atoms in total. The number of benzene rings is 1. The molecule has 88 valence electrons. The molecule has 17 heavy (non-hydrogen) atoms. The van der Waals surface area contributed by atoms with Crippen LogP contribution in [-0.4, -0.2) is 16.1 Å². The summed E-state index contributed by atoms with van der Waals surface area (Å²) < 4.78 is 0. The van der Waals surface area contributed by atoms with Crippen molar-refractivity contribution >= 4 is 32.8 Å². The van der Waals surface area contributed by atoms with Gasteiger partial charge in [-0.05, 0) is 24.5 Å². The third kappa shape index (κ3) is 1.67. The van der Waals surface area contributed by atoms with Crippen molar-refractivity contribution in [3.8, 4) is 0 Å². The number of hydrogen-bond donors (Lipinski definition) is 2. The molecule has 0 amide bonds. The number of fused-ring (bicyclic) bond motifs is 3. The lowest BCUT2D eigenvalue weighted by molar-refractivity contribution is -0.142. The second kappa shape index (κ2) is 3.88. The fourth-order valence-corrected chi connectivity index (χ4v) is 3.44. The van der Waals surface area contributed by atoms with Crippen LogP contribution in [0, 0.1) is 5.92 Å². The molecule has 0 spiro atoms. The molecule has 0 bridgehead atoms. The third-order valence-electron chi connectivity index (χ3n) is 3.45. The number of H-pyrrole nitrogens is 1. The van der Waals surface area contributed by atoms with E-state index in [0.29, 0.717) is 12.8 Å². The lowest BCUT2D eigenvalue weighted by Crippen LogP contribution is -2.22. The summed E-state index contributed by atoms with van der Waals surface area (Å²) in [5, 5.41) is 10.3. The molecule has 2 unspecified atom stereocenters. The van der Waals surface area contributed by atoms with Gasteiger partial charge in [-0.2, -0.15) is 0 Å². The maximum Gasteiger partial charge on any atom is 0.306 e. The van der Waals surface area contributed by atoms with E-state index in [1.807, 2.05) is 18.2 Å². The van der Waals surface area contributed by atoms with Crippen LogP contribution in [0.1, 0.15) is 22.5 Å². The Kier molecular flexibility index (Phi) is 2.47. The molecular formula is C13H12BrNO2. The summed E-state index contributed by atoms with van der Waals surface area (Å²) in [6.45, 7) is 0. The normalized spacial score (nSPS) is 23.6. The SMILES string of the molecule is O=C(O)C1Cc2c([nH]c3ccccc23)C(Br)C1. The first-order valence-corrected chi connectivity index (χ1v) is 6.54. The number of rotatable bonds is 1. The fourth-order valence-electron chi connectivity index (χ4n) is 2.59. The van der Waals surface area contributed by atoms with Gasteiger partial charge >= 0.3 is 5.97 Å². The molecule has 2 atom stereocenters. The van der Waals surface area contributed by atoms with E-state index in [-0.39, 0.29) is 10.7 Å². The van der Waals surface area contributed by atoms with Crippen LogP contribution >= 0.6 is 15.9 Å². The van der Waals surface area contributed by atoms with Gasteiger partial charge in [0.05, 0.1) is 10.7 Å². The van der Waals surface area contributed by atoms with Crippen LogP contribution in [0.4, 0.5) is 0 Å². The number of carboxylic acids is 1. The van der Waals surface area contributed by atoms with Crippen molar-refractivity contribution in [3.05, 3.63) is 35.5 Å². The minimum absolute atomic E-state index is 0.111. The topological polar surface area (TPSA) is 53.1 Å². The number of nitrogens with one attached hydrogen (secondary N) is 1. The smallest absolute Gasteiger partial charge is 0.306 e. The minimum atomic E-state index is -0.703. The average molecular weight is 294 g/mol. The first kappa shape index (κ1) is 10.8. The Balaban J connectivity index is 2.16. The van der Waals surface area contributed by atoms with Crippen molar-refractivity contribution in [2.75, 3.05) is 0 Å². The first-order chi connectivity index (χ1) is 8.16. The highest BCUT2D eigenvalue weighted by Gasteiger charge is 2.32. The lowest BCUT2D eigenvalue weighted by atomic mass is 9.86. The highest BCUT2D eigenvalue weighted by atomic mass is 79.9. The van der Waals surface area contributed by atoms with Crippen LogP contribution in [0.15, 0.2) is 24.3 Å². The maximum atomic E-state index is 11.1. The molecule has 0 radical (unpaired) electrons. The molecule has 1 aliphatic rings. The Morgan fingerprint density at radius 2 is 2.18 bits per heavy atom. The maximum absolute atomic E-state index is 11.1. The summed E-state index contributed by atoms with van der Waals surface area (Å²) in [7, 11) is 0. The van der Waals surface area contributed by atoms with Crippen LogP contribution < -0.4 is 0 Å². The van der Waals surface area contributed by atoms with Gasteiger partial charge in [0.1, 0.15) is 0 Å². The zero-order valence-electron chi connectivity index (χ0n) is 9.11. The van der Waals surface area contributed by atoms with Crippen molar-refractivity contribution in [2.24, 2.45) is 5.92 Å². The zero-order valence-corrected chi connectivity index (χ0v) is 10.7. The van der Waals surface area contributed by atoms with E-state index in [9.17, 15) is 4.79 Å². The van der Waals surface area contributed by atoms with Gasteiger partial charge in [-0.3, -0.25) is 4.79 Å². The predicted octanol–water partition coefficient (Wildman–Crippen LogP) is 3.25. The summed E-state index contributed by atoms with van der Waals surface area (Å²) in [6, 6.07) is 8.06. The standard InChI is InChI=1S/C13H12BrNO2/c14-10-6-7(13(16)17)5-9-8-3-1-2-4-11(8)15-12(9)10/h1-4,7,10,15H,5-6H2,(H,16,17). The van der Waals surface area contributed by atoms with E-state index >= 15 is 0 Å². The summed E-state index contributed by atoms with van der Waals surface area (Å²) in [5.41, 5.74) is 3.39. The number of aliphatic carboxylic acids is 1. The molecule has 0 saturated carbocycles. The van der Waals surface area contributed by atoms with Gasteiger partial charge < -0.3 is 10.1 Å². The molecular weight excluding hydrogens is 282 g/mol. The Bertz CT molecular complexity index is 590. The van der Waals surface area contributed by atoms with Gasteiger partial charge in [0.25, 0.3) is 0 Å². The predicted molar refractivity (Wildman–Crippen MR) is 69.4 cm³/mol. The van der Waals surface area contributed by atoms with Crippen LogP contribution in [-0.2, 0) is 11.2 Å². The van der Waals surface area contributed by atoms with Gasteiger partial charge in [0, 0.05) is 16.6 Å². The molecule has 1 aliphatic carbocycles. The van der Waals surface area contributed by atoms with Crippen molar-refractivity contribution in [3.63, 3.8) is 0 Å². The van der Waals surface area contributed by atoms with Crippen LogP contribution in [0.2, 0.25) is 0 Å². The Hall–Kier alpha value is -1.29. The van der Waals surface area contributed by atoms with E-state index in [4.69, 9.17) is 5.11 Å². The number of hydrogen-bond acceptors (Lipinski definition) is 1. The summed E-state index contributed by atoms with van der Waals surface area (Å²) in [4.78, 5) is 14.6. The van der Waals surface area contributed by atoms with E-state index in [0.717, 1.165) is 22.2 Å². The molecule has 3 rings (SSSR count). The molecule has 2 aromatic rings. The average Bonchev–Trinajstić information content (AvgIpc) is 2.68. The summed E-state index contributed by atoms with van der Waals surface area (Å²) in [6.07, 6.45) is 1.27. The Morgan fingerprint density at radius 3 is 2.94 bits per heavy atom. The molecule has 0 fully saturated rings. The fraction of sp³-hybridized carbons (Fsp3) is 0.308. The van der Waals surface area contributed by atoms with Gasteiger partial charge in [-0.15, -0.1) is 0 Å². The van der Waals surface area contributed by atoms with Crippen molar-refractivity contribution in [1.82, 2.24) is 4.98 Å². The van der Waals surface area contributed by atoms with E-state index < -0.39 is 5.97 Å². The Morgan fingerprint density at radius 1 is 1.41 bits per heavy atom. The molecule has 1 aromatic carbocycles. The summed E-state index contributed by atoms with van der Waals surface area (Å²) >= 11 is 3.58. The molecule has 1 heterocycles.